The zero-order valence-electron chi connectivity index (χ0n) is 13.1. The van der Waals surface area contributed by atoms with Crippen LogP contribution in [0.5, 0.6) is 0 Å². The molecule has 20 heavy (non-hydrogen) atoms. The van der Waals surface area contributed by atoms with Crippen LogP contribution in [0.4, 0.5) is 0 Å². The quantitative estimate of drug-likeness (QED) is 0.732. The van der Waals surface area contributed by atoms with Crippen LogP contribution in [0, 0.1) is 5.92 Å². The first-order valence-electron chi connectivity index (χ1n) is 8.03. The molecule has 2 fully saturated rings. The second-order valence-electron chi connectivity index (χ2n) is 6.76. The number of hydrogen-bond donors (Lipinski definition) is 1. The summed E-state index contributed by atoms with van der Waals surface area (Å²) in [6.07, 6.45) is 7.95. The largest absolute Gasteiger partial charge is 0.468 e. The first kappa shape index (κ1) is 16.2. The van der Waals surface area contributed by atoms with Gasteiger partial charge in [-0.15, -0.1) is 0 Å². The minimum atomic E-state index is -0.399. The summed E-state index contributed by atoms with van der Waals surface area (Å²) in [5, 5.41) is 4.20. The first-order chi connectivity index (χ1) is 9.55. The highest BCUT2D eigenvalue weighted by atomic mass is 32.2. The van der Waals surface area contributed by atoms with Crippen LogP contribution in [0.25, 0.3) is 0 Å². The number of esters is 1. The fourth-order valence-corrected chi connectivity index (χ4v) is 4.70. The third-order valence-corrected chi connectivity index (χ3v) is 5.73. The van der Waals surface area contributed by atoms with Gasteiger partial charge in [-0.3, -0.25) is 10.1 Å². The van der Waals surface area contributed by atoms with Gasteiger partial charge in [0.1, 0.15) is 5.54 Å². The van der Waals surface area contributed by atoms with Crippen molar-refractivity contribution in [3.8, 4) is 0 Å². The Morgan fingerprint density at radius 3 is 2.75 bits per heavy atom. The molecule has 2 atom stereocenters. The van der Waals surface area contributed by atoms with Crippen LogP contribution in [0.3, 0.4) is 0 Å². The van der Waals surface area contributed by atoms with Crippen molar-refractivity contribution in [2.75, 3.05) is 12.9 Å². The predicted octanol–water partition coefficient (Wildman–Crippen LogP) is 3.37. The topological polar surface area (TPSA) is 38.3 Å². The van der Waals surface area contributed by atoms with Crippen molar-refractivity contribution in [2.45, 2.75) is 75.6 Å². The second-order valence-corrected chi connectivity index (χ2v) is 8.17. The molecule has 0 aliphatic heterocycles. The Morgan fingerprint density at radius 1 is 1.40 bits per heavy atom. The maximum Gasteiger partial charge on any atom is 0.326 e. The highest BCUT2D eigenvalue weighted by molar-refractivity contribution is 7.99. The smallest absolute Gasteiger partial charge is 0.326 e. The van der Waals surface area contributed by atoms with Gasteiger partial charge in [0.05, 0.1) is 7.11 Å². The molecule has 1 N–H and O–H groups in total. The van der Waals surface area contributed by atoms with Crippen molar-refractivity contribution in [3.63, 3.8) is 0 Å². The Balaban J connectivity index is 1.91. The summed E-state index contributed by atoms with van der Waals surface area (Å²) in [5.41, 5.74) is -0.399. The maximum absolute atomic E-state index is 12.3. The van der Waals surface area contributed by atoms with Gasteiger partial charge in [-0.1, -0.05) is 13.8 Å². The summed E-state index contributed by atoms with van der Waals surface area (Å²) in [6.45, 7) is 4.55. The zero-order valence-corrected chi connectivity index (χ0v) is 13.9. The molecule has 4 heteroatoms. The van der Waals surface area contributed by atoms with E-state index in [1.165, 1.54) is 38.5 Å². The van der Waals surface area contributed by atoms with E-state index in [0.29, 0.717) is 11.3 Å². The number of methoxy groups -OCH3 is 1. The van der Waals surface area contributed by atoms with Gasteiger partial charge in [0.15, 0.2) is 0 Å². The molecule has 0 spiro atoms. The Hall–Kier alpha value is -0.220. The van der Waals surface area contributed by atoms with E-state index >= 15 is 0 Å². The number of hydrogen-bond acceptors (Lipinski definition) is 4. The lowest BCUT2D eigenvalue weighted by Crippen LogP contribution is -2.56. The second kappa shape index (κ2) is 7.17. The molecule has 0 aromatic heterocycles. The van der Waals surface area contributed by atoms with Gasteiger partial charge in [-0.05, 0) is 56.6 Å². The van der Waals surface area contributed by atoms with Crippen molar-refractivity contribution in [1.29, 1.82) is 0 Å². The van der Waals surface area contributed by atoms with Gasteiger partial charge < -0.3 is 4.74 Å². The lowest BCUT2D eigenvalue weighted by Gasteiger charge is -2.39. The van der Waals surface area contributed by atoms with Crippen LogP contribution < -0.4 is 5.32 Å². The molecule has 0 heterocycles. The van der Waals surface area contributed by atoms with E-state index in [4.69, 9.17) is 4.74 Å². The zero-order chi connectivity index (χ0) is 14.6. The van der Waals surface area contributed by atoms with Gasteiger partial charge in [-0.25, -0.2) is 0 Å². The van der Waals surface area contributed by atoms with E-state index in [0.717, 1.165) is 25.2 Å². The Labute approximate surface area is 127 Å². The molecule has 0 radical (unpaired) electrons. The standard InChI is InChI=1S/C16H29NO2S/c1-12(2)8-10-20-14-5-4-9-16(11-14,15(18)19-3)17-13-6-7-13/h12-14,17H,4-11H2,1-3H3. The number of thioether (sulfide) groups is 1. The van der Waals surface area contributed by atoms with Crippen LogP contribution in [-0.2, 0) is 9.53 Å². The summed E-state index contributed by atoms with van der Waals surface area (Å²) in [4.78, 5) is 12.3. The highest BCUT2D eigenvalue weighted by Crippen LogP contribution is 2.38. The van der Waals surface area contributed by atoms with E-state index in [1.807, 2.05) is 0 Å². The summed E-state index contributed by atoms with van der Waals surface area (Å²) >= 11 is 2.06. The van der Waals surface area contributed by atoms with Gasteiger partial charge in [0, 0.05) is 11.3 Å². The molecule has 2 aliphatic rings. The average Bonchev–Trinajstić information content (AvgIpc) is 3.21. The third-order valence-electron chi connectivity index (χ3n) is 4.39. The summed E-state index contributed by atoms with van der Waals surface area (Å²) in [6, 6.07) is 0.550. The Bertz CT molecular complexity index is 330. The first-order valence-corrected chi connectivity index (χ1v) is 9.08. The normalized spacial score (nSPS) is 30.5. The summed E-state index contributed by atoms with van der Waals surface area (Å²) in [5.74, 6) is 1.93. The molecule has 0 aromatic rings. The number of carbonyl (C=O) groups is 1. The fourth-order valence-electron chi connectivity index (χ4n) is 3.03. The van der Waals surface area contributed by atoms with E-state index in [2.05, 4.69) is 30.9 Å². The van der Waals surface area contributed by atoms with E-state index in [1.54, 1.807) is 0 Å². The SMILES string of the molecule is COC(=O)C1(NC2CC2)CCCC(SCCC(C)C)C1. The lowest BCUT2D eigenvalue weighted by molar-refractivity contribution is -0.150. The van der Waals surface area contributed by atoms with Gasteiger partial charge in [0.25, 0.3) is 0 Å². The van der Waals surface area contributed by atoms with Crippen molar-refractivity contribution in [1.82, 2.24) is 5.32 Å². The summed E-state index contributed by atoms with van der Waals surface area (Å²) < 4.78 is 5.10. The minimum Gasteiger partial charge on any atom is -0.468 e. The number of carbonyl (C=O) groups excluding carboxylic acids is 1. The molecular formula is C16H29NO2S. The van der Waals surface area contributed by atoms with Gasteiger partial charge in [-0.2, -0.15) is 11.8 Å². The Kier molecular flexibility index (Phi) is 5.79. The number of nitrogens with one attached hydrogen (secondary N) is 1. The summed E-state index contributed by atoms with van der Waals surface area (Å²) in [7, 11) is 1.52. The molecule has 3 nitrogen and oxygen atoms in total. The molecule has 0 aromatic carbocycles. The predicted molar refractivity (Wildman–Crippen MR) is 85.1 cm³/mol. The van der Waals surface area contributed by atoms with Crippen molar-refractivity contribution in [2.24, 2.45) is 5.92 Å². The van der Waals surface area contributed by atoms with Crippen molar-refractivity contribution < 1.29 is 9.53 Å². The minimum absolute atomic E-state index is 0.0430. The molecule has 2 unspecified atom stereocenters. The van der Waals surface area contributed by atoms with Crippen LogP contribution >= 0.6 is 11.8 Å². The lowest BCUT2D eigenvalue weighted by atomic mass is 9.81. The van der Waals surface area contributed by atoms with Crippen molar-refractivity contribution >= 4 is 17.7 Å². The van der Waals surface area contributed by atoms with E-state index in [-0.39, 0.29) is 5.97 Å². The van der Waals surface area contributed by atoms with E-state index < -0.39 is 5.54 Å². The fraction of sp³-hybridized carbons (Fsp3) is 0.938. The van der Waals surface area contributed by atoms with Crippen LogP contribution in [0.2, 0.25) is 0 Å². The van der Waals surface area contributed by atoms with Crippen LogP contribution in [0.1, 0.15) is 58.8 Å². The maximum atomic E-state index is 12.3. The molecule has 0 bridgehead atoms. The Morgan fingerprint density at radius 2 is 2.15 bits per heavy atom. The third kappa shape index (κ3) is 4.39. The molecule has 2 rings (SSSR count). The molecule has 2 saturated carbocycles. The van der Waals surface area contributed by atoms with Gasteiger partial charge in [0.2, 0.25) is 0 Å². The molecule has 2 aliphatic carbocycles. The van der Waals surface area contributed by atoms with Crippen molar-refractivity contribution in [3.05, 3.63) is 0 Å². The number of ether oxygens (including phenoxy) is 1. The highest BCUT2D eigenvalue weighted by Gasteiger charge is 2.46. The van der Waals surface area contributed by atoms with E-state index in [9.17, 15) is 4.79 Å². The molecule has 0 amide bonds. The van der Waals surface area contributed by atoms with Crippen LogP contribution in [-0.4, -0.2) is 35.7 Å². The molecule has 0 saturated heterocycles. The molecular weight excluding hydrogens is 270 g/mol. The average molecular weight is 299 g/mol. The number of rotatable bonds is 7. The van der Waals surface area contributed by atoms with Crippen LogP contribution in [0.15, 0.2) is 0 Å². The monoisotopic (exact) mass is 299 g/mol. The van der Waals surface area contributed by atoms with Gasteiger partial charge >= 0.3 is 5.97 Å². The molecule has 116 valence electrons.